The Morgan fingerprint density at radius 3 is 2.83 bits per heavy atom. The van der Waals surface area contributed by atoms with Gasteiger partial charge in [0, 0.05) is 62.6 Å². The number of hydrogen-bond acceptors (Lipinski definition) is 4. The molecule has 160 valence electrons. The van der Waals surface area contributed by atoms with Crippen LogP contribution in [0.2, 0.25) is 0 Å². The van der Waals surface area contributed by atoms with Crippen molar-refractivity contribution in [2.45, 2.75) is 57.5 Å². The summed E-state index contributed by atoms with van der Waals surface area (Å²) in [6, 6.07) is 9.20. The lowest BCUT2D eigenvalue weighted by atomic mass is 9.83. The summed E-state index contributed by atoms with van der Waals surface area (Å²) in [6.45, 7) is 3.92. The number of pyridine rings is 1. The number of aromatic nitrogens is 1. The fourth-order valence-electron chi connectivity index (χ4n) is 4.71. The highest BCUT2D eigenvalue weighted by Crippen LogP contribution is 2.35. The second-order valence-electron chi connectivity index (χ2n) is 8.58. The molecule has 4 heterocycles. The predicted octanol–water partition coefficient (Wildman–Crippen LogP) is 2.30. The van der Waals surface area contributed by atoms with Gasteiger partial charge in [0.05, 0.1) is 6.26 Å². The number of likely N-dealkylation sites (tertiary alicyclic amines) is 1. The van der Waals surface area contributed by atoms with Gasteiger partial charge in [-0.25, -0.2) is 0 Å². The third-order valence-electron chi connectivity index (χ3n) is 6.21. The van der Waals surface area contributed by atoms with Crippen molar-refractivity contribution in [3.63, 3.8) is 0 Å². The second-order valence-corrected chi connectivity index (χ2v) is 8.58. The molecule has 1 saturated heterocycles. The Hall–Kier alpha value is -2.83. The zero-order valence-corrected chi connectivity index (χ0v) is 17.4. The molecule has 0 spiro atoms. The van der Waals surface area contributed by atoms with Gasteiger partial charge in [0.25, 0.3) is 5.56 Å². The van der Waals surface area contributed by atoms with Crippen molar-refractivity contribution >= 4 is 11.8 Å². The Bertz CT molecular complexity index is 950. The average molecular weight is 412 g/mol. The van der Waals surface area contributed by atoms with Gasteiger partial charge in [-0.3, -0.25) is 14.4 Å². The normalized spacial score (nSPS) is 21.0. The number of amides is 2. The fraction of sp³-hybridized carbons (Fsp3) is 0.522. The number of fused-ring (bicyclic) bond motifs is 4. The first-order valence-electron chi connectivity index (χ1n) is 10.8. The number of nitrogens with zero attached hydrogens (tertiary/aromatic N) is 2. The van der Waals surface area contributed by atoms with Crippen LogP contribution in [0.25, 0.3) is 0 Å². The number of aryl methyl sites for hydroxylation is 1. The van der Waals surface area contributed by atoms with Crippen LogP contribution >= 0.6 is 0 Å². The summed E-state index contributed by atoms with van der Waals surface area (Å²) in [5, 5.41) is 2.97. The van der Waals surface area contributed by atoms with E-state index in [9.17, 15) is 14.4 Å². The van der Waals surface area contributed by atoms with E-state index in [-0.39, 0.29) is 42.2 Å². The molecule has 2 aromatic heterocycles. The van der Waals surface area contributed by atoms with Gasteiger partial charge in [-0.05, 0) is 43.9 Å². The van der Waals surface area contributed by atoms with Crippen LogP contribution < -0.4 is 10.9 Å². The van der Waals surface area contributed by atoms with Crippen LogP contribution in [0.3, 0.4) is 0 Å². The van der Waals surface area contributed by atoms with Crippen LogP contribution in [-0.2, 0) is 22.6 Å². The monoisotopic (exact) mass is 411 g/mol. The van der Waals surface area contributed by atoms with Crippen molar-refractivity contribution in [1.29, 1.82) is 0 Å². The maximum atomic E-state index is 12.7. The zero-order valence-electron chi connectivity index (χ0n) is 17.4. The minimum absolute atomic E-state index is 0.0230. The number of piperidine rings is 1. The first kappa shape index (κ1) is 20.4. The number of carbonyl (C=O) groups excluding carboxylic acids is 2. The van der Waals surface area contributed by atoms with Gasteiger partial charge in [-0.2, -0.15) is 0 Å². The first-order valence-corrected chi connectivity index (χ1v) is 10.8. The van der Waals surface area contributed by atoms with E-state index in [1.54, 1.807) is 18.4 Å². The quantitative estimate of drug-likeness (QED) is 0.758. The van der Waals surface area contributed by atoms with E-state index < -0.39 is 0 Å². The van der Waals surface area contributed by atoms with E-state index in [0.29, 0.717) is 25.6 Å². The Morgan fingerprint density at radius 2 is 2.03 bits per heavy atom. The molecule has 2 aliphatic heterocycles. The Balaban J connectivity index is 1.24. The molecule has 0 aromatic carbocycles. The highest BCUT2D eigenvalue weighted by Gasteiger charge is 2.36. The lowest BCUT2D eigenvalue weighted by molar-refractivity contribution is -0.136. The highest BCUT2D eigenvalue weighted by molar-refractivity contribution is 5.84. The van der Waals surface area contributed by atoms with E-state index in [2.05, 4.69) is 5.32 Å². The standard InChI is InChI=1S/C23H29N3O4/c1-16(7-8-19-4-3-11-30-19)24-21(27)9-10-22(28)25-13-17-12-18(15-25)20-5-2-6-23(29)26(20)14-17/h2-6,11,16-18H,7-10,12-15H2,1H3,(H,24,27)/t16?,17-,18+/m0/s1. The molecular formula is C23H29N3O4. The van der Waals surface area contributed by atoms with Gasteiger partial charge in [-0.15, -0.1) is 0 Å². The van der Waals surface area contributed by atoms with Crippen molar-refractivity contribution in [2.24, 2.45) is 5.92 Å². The molecule has 2 bridgehead atoms. The average Bonchev–Trinajstić information content (AvgIpc) is 3.25. The summed E-state index contributed by atoms with van der Waals surface area (Å²) in [5.41, 5.74) is 1.07. The molecule has 2 aliphatic rings. The van der Waals surface area contributed by atoms with E-state index in [4.69, 9.17) is 4.42 Å². The van der Waals surface area contributed by atoms with E-state index in [0.717, 1.165) is 30.7 Å². The predicted molar refractivity (Wildman–Crippen MR) is 112 cm³/mol. The lowest BCUT2D eigenvalue weighted by Gasteiger charge is -2.42. The largest absolute Gasteiger partial charge is 0.469 e. The van der Waals surface area contributed by atoms with Crippen LogP contribution in [-0.4, -0.2) is 40.4 Å². The summed E-state index contributed by atoms with van der Waals surface area (Å²) < 4.78 is 7.17. The van der Waals surface area contributed by atoms with Crippen molar-refractivity contribution in [3.05, 3.63) is 58.4 Å². The number of carbonyl (C=O) groups is 2. The maximum Gasteiger partial charge on any atom is 0.250 e. The van der Waals surface area contributed by atoms with Crippen molar-refractivity contribution in [1.82, 2.24) is 14.8 Å². The smallest absolute Gasteiger partial charge is 0.250 e. The minimum atomic E-state index is -0.0932. The van der Waals surface area contributed by atoms with E-state index >= 15 is 0 Å². The molecule has 1 unspecified atom stereocenters. The van der Waals surface area contributed by atoms with Crippen LogP contribution in [0.5, 0.6) is 0 Å². The molecule has 0 saturated carbocycles. The van der Waals surface area contributed by atoms with Gasteiger partial charge < -0.3 is 19.2 Å². The SMILES string of the molecule is CC(CCc1ccco1)NC(=O)CCC(=O)N1C[C@@H]2C[C@H](C1)c1cccc(=O)n1C2. The maximum absolute atomic E-state index is 12.7. The molecular weight excluding hydrogens is 382 g/mol. The van der Waals surface area contributed by atoms with Crippen LogP contribution in [0.4, 0.5) is 0 Å². The molecule has 7 heteroatoms. The molecule has 30 heavy (non-hydrogen) atoms. The number of hydrogen-bond donors (Lipinski definition) is 1. The fourth-order valence-corrected chi connectivity index (χ4v) is 4.71. The van der Waals surface area contributed by atoms with Crippen LogP contribution in [0.1, 0.15) is 50.0 Å². The molecule has 3 atom stereocenters. The lowest BCUT2D eigenvalue weighted by Crippen LogP contribution is -2.49. The highest BCUT2D eigenvalue weighted by atomic mass is 16.3. The van der Waals surface area contributed by atoms with Crippen LogP contribution in [0, 0.1) is 5.92 Å². The summed E-state index contributed by atoms with van der Waals surface area (Å²) in [5.74, 6) is 1.34. The number of rotatable bonds is 7. The molecule has 0 radical (unpaired) electrons. The van der Waals surface area contributed by atoms with Crippen molar-refractivity contribution in [3.8, 4) is 0 Å². The molecule has 7 nitrogen and oxygen atoms in total. The third kappa shape index (κ3) is 4.66. The first-order chi connectivity index (χ1) is 14.5. The van der Waals surface area contributed by atoms with Gasteiger partial charge in [0.1, 0.15) is 5.76 Å². The summed E-state index contributed by atoms with van der Waals surface area (Å²) in [6.07, 6.45) is 4.65. The number of nitrogens with one attached hydrogen (secondary N) is 1. The Morgan fingerprint density at radius 1 is 1.17 bits per heavy atom. The number of furan rings is 1. The molecule has 1 fully saturated rings. The van der Waals surface area contributed by atoms with Gasteiger partial charge >= 0.3 is 0 Å². The zero-order chi connectivity index (χ0) is 21.1. The summed E-state index contributed by atoms with van der Waals surface area (Å²) in [7, 11) is 0. The second kappa shape index (κ2) is 8.90. The summed E-state index contributed by atoms with van der Waals surface area (Å²) >= 11 is 0. The summed E-state index contributed by atoms with van der Waals surface area (Å²) in [4.78, 5) is 39.0. The molecule has 2 amide bonds. The van der Waals surface area contributed by atoms with Gasteiger partial charge in [-0.1, -0.05) is 6.07 Å². The molecule has 2 aromatic rings. The van der Waals surface area contributed by atoms with Gasteiger partial charge in [0.2, 0.25) is 11.8 Å². The molecule has 4 rings (SSSR count). The topological polar surface area (TPSA) is 84.6 Å². The van der Waals surface area contributed by atoms with Crippen molar-refractivity contribution < 1.29 is 14.0 Å². The van der Waals surface area contributed by atoms with E-state index in [1.807, 2.05) is 34.6 Å². The Labute approximate surface area is 176 Å². The molecule has 1 N–H and O–H groups in total. The Kier molecular flexibility index (Phi) is 6.06. The van der Waals surface area contributed by atoms with E-state index in [1.165, 1.54) is 0 Å². The minimum Gasteiger partial charge on any atom is -0.469 e. The van der Waals surface area contributed by atoms with Crippen LogP contribution in [0.15, 0.2) is 45.8 Å². The molecule has 0 aliphatic carbocycles. The third-order valence-corrected chi connectivity index (χ3v) is 6.21. The van der Waals surface area contributed by atoms with Gasteiger partial charge in [0.15, 0.2) is 0 Å². The van der Waals surface area contributed by atoms with Crippen molar-refractivity contribution in [2.75, 3.05) is 13.1 Å².